The summed E-state index contributed by atoms with van der Waals surface area (Å²) in [6.45, 7) is 2.07. The third kappa shape index (κ3) is 3.94. The molecule has 2 aromatic carbocycles. The molecule has 0 saturated heterocycles. The largest absolute Gasteiger partial charge is 0.493 e. The number of carbonyl (C=O) groups is 1. The van der Waals surface area contributed by atoms with E-state index >= 15 is 0 Å². The molecule has 0 fully saturated rings. The molecule has 126 valence electrons. The number of para-hydroxylation sites is 1. The van der Waals surface area contributed by atoms with Crippen LogP contribution in [0.1, 0.15) is 17.3 Å². The minimum Gasteiger partial charge on any atom is -0.493 e. The maximum atomic E-state index is 12.5. The Labute approximate surface area is 152 Å². The molecule has 0 aliphatic heterocycles. The summed E-state index contributed by atoms with van der Waals surface area (Å²) in [5.41, 5.74) is 0.132. The monoisotopic (exact) mass is 442 g/mol. The van der Waals surface area contributed by atoms with Crippen molar-refractivity contribution in [1.29, 1.82) is 0 Å². The van der Waals surface area contributed by atoms with Crippen molar-refractivity contribution in [3.05, 3.63) is 55.6 Å². The van der Waals surface area contributed by atoms with Gasteiger partial charge >= 0.3 is 0 Å². The number of carbonyl (C=O) groups excluding carboxylic acids is 1. The molecular formula is C16H15IN2O5. The molecule has 1 N–H and O–H groups in total. The number of nitro groups is 1. The van der Waals surface area contributed by atoms with Gasteiger partial charge in [-0.05, 0) is 41.6 Å². The van der Waals surface area contributed by atoms with Gasteiger partial charge in [0.1, 0.15) is 5.56 Å². The van der Waals surface area contributed by atoms with Gasteiger partial charge in [-0.2, -0.15) is 0 Å². The number of hydrogen-bond donors (Lipinski definition) is 1. The number of ether oxygens (including phenoxy) is 2. The van der Waals surface area contributed by atoms with Crippen molar-refractivity contribution < 1.29 is 19.2 Å². The maximum absolute atomic E-state index is 12.5. The summed E-state index contributed by atoms with van der Waals surface area (Å²) in [6, 6.07) is 9.66. The number of halogens is 1. The smallest absolute Gasteiger partial charge is 0.286 e. The van der Waals surface area contributed by atoms with E-state index in [9.17, 15) is 14.9 Å². The van der Waals surface area contributed by atoms with Gasteiger partial charge in [0.2, 0.25) is 0 Å². The Morgan fingerprint density at radius 1 is 1.29 bits per heavy atom. The third-order valence-corrected chi connectivity index (χ3v) is 4.09. The fourth-order valence-corrected chi connectivity index (χ4v) is 2.58. The van der Waals surface area contributed by atoms with Gasteiger partial charge < -0.3 is 14.8 Å². The molecule has 0 atom stereocenters. The Morgan fingerprint density at radius 3 is 2.58 bits per heavy atom. The van der Waals surface area contributed by atoms with E-state index in [0.717, 1.165) is 3.57 Å². The average Bonchev–Trinajstić information content (AvgIpc) is 2.56. The van der Waals surface area contributed by atoms with Crippen molar-refractivity contribution in [1.82, 2.24) is 0 Å². The molecule has 0 radical (unpaired) electrons. The van der Waals surface area contributed by atoms with E-state index in [4.69, 9.17) is 9.47 Å². The molecule has 0 aliphatic rings. The second kappa shape index (κ2) is 7.95. The topological polar surface area (TPSA) is 90.7 Å². The first-order chi connectivity index (χ1) is 11.5. The van der Waals surface area contributed by atoms with Crippen molar-refractivity contribution in [3.8, 4) is 11.5 Å². The van der Waals surface area contributed by atoms with Crippen molar-refractivity contribution >= 4 is 39.9 Å². The van der Waals surface area contributed by atoms with Crippen LogP contribution in [-0.4, -0.2) is 24.5 Å². The lowest BCUT2D eigenvalue weighted by Gasteiger charge is -2.12. The van der Waals surface area contributed by atoms with Gasteiger partial charge in [0.15, 0.2) is 11.5 Å². The van der Waals surface area contributed by atoms with Gasteiger partial charge in [0.25, 0.3) is 11.6 Å². The Morgan fingerprint density at radius 2 is 2.00 bits per heavy atom. The molecular weight excluding hydrogens is 427 g/mol. The molecule has 7 nitrogen and oxygen atoms in total. The van der Waals surface area contributed by atoms with Gasteiger partial charge in [-0.25, -0.2) is 0 Å². The van der Waals surface area contributed by atoms with Crippen LogP contribution in [0, 0.1) is 13.7 Å². The van der Waals surface area contributed by atoms with Crippen LogP contribution in [0.4, 0.5) is 11.4 Å². The highest BCUT2D eigenvalue weighted by Crippen LogP contribution is 2.35. The van der Waals surface area contributed by atoms with Crippen LogP contribution in [0.15, 0.2) is 36.4 Å². The van der Waals surface area contributed by atoms with Gasteiger partial charge in [-0.3, -0.25) is 14.9 Å². The highest BCUT2D eigenvalue weighted by Gasteiger charge is 2.25. The summed E-state index contributed by atoms with van der Waals surface area (Å²) >= 11 is 2.07. The number of anilines is 1. The summed E-state index contributed by atoms with van der Waals surface area (Å²) in [7, 11) is 1.41. The van der Waals surface area contributed by atoms with Crippen LogP contribution >= 0.6 is 22.6 Å². The summed E-state index contributed by atoms with van der Waals surface area (Å²) < 4.78 is 11.3. The van der Waals surface area contributed by atoms with Crippen molar-refractivity contribution in [2.45, 2.75) is 6.92 Å². The first-order valence-electron chi connectivity index (χ1n) is 7.03. The number of benzene rings is 2. The molecule has 0 aromatic heterocycles. The Bertz CT molecular complexity index is 779. The first kappa shape index (κ1) is 18.0. The Hall–Kier alpha value is -2.36. The summed E-state index contributed by atoms with van der Waals surface area (Å²) in [5, 5.41) is 14.0. The number of nitrogens with one attached hydrogen (secondary N) is 1. The maximum Gasteiger partial charge on any atom is 0.286 e. The fourth-order valence-electron chi connectivity index (χ4n) is 2.06. The van der Waals surface area contributed by atoms with Crippen LogP contribution in [0.25, 0.3) is 0 Å². The molecule has 8 heteroatoms. The molecule has 0 heterocycles. The number of nitrogens with zero attached hydrogens (tertiary/aromatic N) is 1. The Balaban J connectivity index is 2.45. The van der Waals surface area contributed by atoms with E-state index in [1.165, 1.54) is 19.2 Å². The number of hydrogen-bond acceptors (Lipinski definition) is 5. The highest BCUT2D eigenvalue weighted by molar-refractivity contribution is 14.1. The summed E-state index contributed by atoms with van der Waals surface area (Å²) in [4.78, 5) is 23.2. The van der Waals surface area contributed by atoms with Crippen LogP contribution in [0.2, 0.25) is 0 Å². The number of rotatable bonds is 6. The Kier molecular flexibility index (Phi) is 5.96. The number of nitro benzene ring substituents is 1. The van der Waals surface area contributed by atoms with Gasteiger partial charge in [-0.15, -0.1) is 0 Å². The van der Waals surface area contributed by atoms with E-state index < -0.39 is 10.8 Å². The lowest BCUT2D eigenvalue weighted by molar-refractivity contribution is -0.385. The fraction of sp³-hybridized carbons (Fsp3) is 0.188. The zero-order chi connectivity index (χ0) is 17.7. The van der Waals surface area contributed by atoms with Gasteiger partial charge in [-0.1, -0.05) is 12.1 Å². The van der Waals surface area contributed by atoms with E-state index in [1.807, 2.05) is 12.1 Å². The van der Waals surface area contributed by atoms with E-state index in [-0.39, 0.29) is 22.7 Å². The average molecular weight is 442 g/mol. The standard InChI is InChI=1S/C16H15IN2O5/c1-3-24-15-9-13(19(21)22)10(8-14(15)23-2)16(20)18-12-7-5-4-6-11(12)17/h4-9H,3H2,1-2H3,(H,18,20). The van der Waals surface area contributed by atoms with Crippen LogP contribution < -0.4 is 14.8 Å². The van der Waals surface area contributed by atoms with Crippen LogP contribution in [-0.2, 0) is 0 Å². The minimum absolute atomic E-state index is 0.0973. The third-order valence-electron chi connectivity index (χ3n) is 3.15. The zero-order valence-corrected chi connectivity index (χ0v) is 15.2. The molecule has 1 amide bonds. The summed E-state index contributed by atoms with van der Waals surface area (Å²) in [5.74, 6) is -0.111. The molecule has 0 bridgehead atoms. The minimum atomic E-state index is -0.618. The summed E-state index contributed by atoms with van der Waals surface area (Å²) in [6.07, 6.45) is 0. The normalized spacial score (nSPS) is 10.1. The molecule has 0 aliphatic carbocycles. The molecule has 2 rings (SSSR count). The number of amides is 1. The van der Waals surface area contributed by atoms with Crippen molar-refractivity contribution in [2.24, 2.45) is 0 Å². The molecule has 0 spiro atoms. The van der Waals surface area contributed by atoms with Crippen LogP contribution in [0.5, 0.6) is 11.5 Å². The molecule has 24 heavy (non-hydrogen) atoms. The SMILES string of the molecule is CCOc1cc([N+](=O)[O-])c(C(=O)Nc2ccccc2I)cc1OC. The van der Waals surface area contributed by atoms with Crippen molar-refractivity contribution in [2.75, 3.05) is 19.0 Å². The lowest BCUT2D eigenvalue weighted by atomic mass is 10.1. The van der Waals surface area contributed by atoms with E-state index in [0.29, 0.717) is 12.3 Å². The highest BCUT2D eigenvalue weighted by atomic mass is 127. The lowest BCUT2D eigenvalue weighted by Crippen LogP contribution is -2.15. The zero-order valence-electron chi connectivity index (χ0n) is 13.0. The van der Waals surface area contributed by atoms with Crippen LogP contribution in [0.3, 0.4) is 0 Å². The second-order valence-electron chi connectivity index (χ2n) is 4.64. The molecule has 0 saturated carbocycles. The van der Waals surface area contributed by atoms with Gasteiger partial charge in [0, 0.05) is 9.64 Å². The molecule has 2 aromatic rings. The van der Waals surface area contributed by atoms with E-state index in [1.54, 1.807) is 19.1 Å². The van der Waals surface area contributed by atoms with Gasteiger partial charge in [0.05, 0.1) is 30.4 Å². The first-order valence-corrected chi connectivity index (χ1v) is 8.10. The predicted octanol–water partition coefficient (Wildman–Crippen LogP) is 3.86. The number of methoxy groups -OCH3 is 1. The molecule has 0 unspecified atom stereocenters. The quantitative estimate of drug-likeness (QED) is 0.417. The van der Waals surface area contributed by atoms with Crippen molar-refractivity contribution in [3.63, 3.8) is 0 Å². The second-order valence-corrected chi connectivity index (χ2v) is 5.81. The predicted molar refractivity (Wildman–Crippen MR) is 97.9 cm³/mol. The van der Waals surface area contributed by atoms with E-state index in [2.05, 4.69) is 27.9 Å².